The van der Waals surface area contributed by atoms with E-state index in [1.807, 2.05) is 6.07 Å². The summed E-state index contributed by atoms with van der Waals surface area (Å²) in [6.07, 6.45) is 3.15. The lowest BCUT2D eigenvalue weighted by atomic mass is 9.88. The Morgan fingerprint density at radius 3 is 2.92 bits per heavy atom. The van der Waals surface area contributed by atoms with Crippen molar-refractivity contribution in [2.45, 2.75) is 25.3 Å². The summed E-state index contributed by atoms with van der Waals surface area (Å²) in [6.45, 7) is 0. The van der Waals surface area contributed by atoms with E-state index >= 15 is 0 Å². The number of fused-ring (bicyclic) bond motifs is 1. The van der Waals surface area contributed by atoms with Gasteiger partial charge in [0.15, 0.2) is 0 Å². The number of hydrogen-bond donors (Lipinski definition) is 1. The van der Waals surface area contributed by atoms with Gasteiger partial charge in [-0.2, -0.15) is 0 Å². The van der Waals surface area contributed by atoms with E-state index in [1.54, 1.807) is 6.07 Å². The molecule has 0 fully saturated rings. The molecule has 3 heteroatoms. The van der Waals surface area contributed by atoms with Crippen LogP contribution in [0.5, 0.6) is 0 Å². The van der Waals surface area contributed by atoms with Crippen LogP contribution in [0.25, 0.3) is 0 Å². The summed E-state index contributed by atoms with van der Waals surface area (Å²) < 4.78 is 12.8. The first-order valence-electron chi connectivity index (χ1n) is 4.31. The Bertz CT molecular complexity index is 301. The summed E-state index contributed by atoms with van der Waals surface area (Å²) in [5, 5.41) is 0. The van der Waals surface area contributed by atoms with Gasteiger partial charge in [0.25, 0.3) is 0 Å². The van der Waals surface area contributed by atoms with Gasteiger partial charge in [0, 0.05) is 6.04 Å². The maximum absolute atomic E-state index is 12.8. The second-order valence-corrected chi connectivity index (χ2v) is 3.34. The molecular formula is C10H13ClFN. The van der Waals surface area contributed by atoms with Crippen molar-refractivity contribution in [3.05, 3.63) is 35.1 Å². The zero-order chi connectivity index (χ0) is 8.55. The molecule has 0 saturated heterocycles. The topological polar surface area (TPSA) is 26.0 Å². The van der Waals surface area contributed by atoms with Gasteiger partial charge in [0.05, 0.1) is 0 Å². The number of nitrogens with two attached hydrogens (primary N) is 1. The average molecular weight is 202 g/mol. The van der Waals surface area contributed by atoms with Crippen LogP contribution >= 0.6 is 12.4 Å². The van der Waals surface area contributed by atoms with Crippen LogP contribution in [0, 0.1) is 5.82 Å². The largest absolute Gasteiger partial charge is 0.324 e. The number of hydrogen-bond acceptors (Lipinski definition) is 1. The third-order valence-electron chi connectivity index (χ3n) is 2.47. The zero-order valence-electron chi connectivity index (χ0n) is 7.29. The number of aryl methyl sites for hydroxylation is 1. The van der Waals surface area contributed by atoms with Crippen LogP contribution in [0.3, 0.4) is 0 Å². The van der Waals surface area contributed by atoms with E-state index in [2.05, 4.69) is 0 Å². The first kappa shape index (κ1) is 10.5. The third kappa shape index (κ3) is 2.01. The lowest BCUT2D eigenvalue weighted by molar-refractivity contribution is 0.557. The Balaban J connectivity index is 0.000000845. The van der Waals surface area contributed by atoms with Crippen molar-refractivity contribution in [3.63, 3.8) is 0 Å². The van der Waals surface area contributed by atoms with Gasteiger partial charge in [0.2, 0.25) is 0 Å². The Morgan fingerprint density at radius 2 is 2.15 bits per heavy atom. The van der Waals surface area contributed by atoms with E-state index in [4.69, 9.17) is 5.73 Å². The number of rotatable bonds is 0. The van der Waals surface area contributed by atoms with Gasteiger partial charge < -0.3 is 5.73 Å². The highest BCUT2D eigenvalue weighted by molar-refractivity contribution is 5.85. The van der Waals surface area contributed by atoms with Crippen molar-refractivity contribution in [3.8, 4) is 0 Å². The summed E-state index contributed by atoms with van der Waals surface area (Å²) in [4.78, 5) is 0. The van der Waals surface area contributed by atoms with Gasteiger partial charge >= 0.3 is 0 Å². The molecule has 0 saturated carbocycles. The fraction of sp³-hybridized carbons (Fsp3) is 0.400. The molecule has 0 amide bonds. The molecule has 0 bridgehead atoms. The molecule has 0 heterocycles. The fourth-order valence-electron chi connectivity index (χ4n) is 1.81. The molecule has 72 valence electrons. The van der Waals surface area contributed by atoms with Gasteiger partial charge in [-0.3, -0.25) is 0 Å². The number of halogens is 2. The molecule has 2 N–H and O–H groups in total. The van der Waals surface area contributed by atoms with Crippen molar-refractivity contribution in [1.29, 1.82) is 0 Å². The minimum atomic E-state index is -0.175. The molecule has 13 heavy (non-hydrogen) atoms. The third-order valence-corrected chi connectivity index (χ3v) is 2.47. The van der Waals surface area contributed by atoms with Crippen LogP contribution in [-0.4, -0.2) is 0 Å². The maximum Gasteiger partial charge on any atom is 0.123 e. The predicted molar refractivity (Wildman–Crippen MR) is 53.5 cm³/mol. The lowest BCUT2D eigenvalue weighted by Gasteiger charge is -2.21. The van der Waals surface area contributed by atoms with Crippen molar-refractivity contribution in [2.75, 3.05) is 0 Å². The molecule has 0 aromatic heterocycles. The quantitative estimate of drug-likeness (QED) is 0.686. The Morgan fingerprint density at radius 1 is 1.38 bits per heavy atom. The van der Waals surface area contributed by atoms with E-state index in [9.17, 15) is 4.39 Å². The predicted octanol–water partition coefficient (Wildman–Crippen LogP) is 2.58. The SMILES string of the molecule is Cl.NC1CCCc2ccc(F)cc21. The normalized spacial score (nSPS) is 20.3. The maximum atomic E-state index is 12.8. The molecule has 1 nitrogen and oxygen atoms in total. The summed E-state index contributed by atoms with van der Waals surface area (Å²) in [5.41, 5.74) is 8.07. The average Bonchev–Trinajstić information content (AvgIpc) is 2.07. The molecule has 1 aromatic rings. The smallest absolute Gasteiger partial charge is 0.123 e. The van der Waals surface area contributed by atoms with Gasteiger partial charge in [-0.1, -0.05) is 6.07 Å². The van der Waals surface area contributed by atoms with E-state index < -0.39 is 0 Å². The van der Waals surface area contributed by atoms with Crippen LogP contribution in [0.1, 0.15) is 30.0 Å². The van der Waals surface area contributed by atoms with Gasteiger partial charge in [0.1, 0.15) is 5.82 Å². The highest BCUT2D eigenvalue weighted by Crippen LogP contribution is 2.27. The molecule has 0 aliphatic heterocycles. The van der Waals surface area contributed by atoms with Gasteiger partial charge in [-0.05, 0) is 42.5 Å². The Hall–Kier alpha value is -0.600. The summed E-state index contributed by atoms with van der Waals surface area (Å²) >= 11 is 0. The summed E-state index contributed by atoms with van der Waals surface area (Å²) in [5.74, 6) is -0.175. The van der Waals surface area contributed by atoms with Crippen LogP contribution in [-0.2, 0) is 6.42 Å². The second-order valence-electron chi connectivity index (χ2n) is 3.34. The zero-order valence-corrected chi connectivity index (χ0v) is 8.11. The minimum Gasteiger partial charge on any atom is -0.324 e. The van der Waals surface area contributed by atoms with Crippen LogP contribution in [0.2, 0.25) is 0 Å². The summed E-state index contributed by atoms with van der Waals surface area (Å²) in [7, 11) is 0. The molecule has 1 aromatic carbocycles. The molecule has 2 rings (SSSR count). The van der Waals surface area contributed by atoms with Gasteiger partial charge in [-0.25, -0.2) is 4.39 Å². The standard InChI is InChI=1S/C10H12FN.ClH/c11-8-5-4-7-2-1-3-10(12)9(7)6-8;/h4-6,10H,1-3,12H2;1H. The molecular weight excluding hydrogens is 189 g/mol. The van der Waals surface area contributed by atoms with Crippen molar-refractivity contribution >= 4 is 12.4 Å². The van der Waals surface area contributed by atoms with E-state index in [1.165, 1.54) is 11.6 Å². The first-order chi connectivity index (χ1) is 5.77. The van der Waals surface area contributed by atoms with Crippen LogP contribution < -0.4 is 5.73 Å². The van der Waals surface area contributed by atoms with Crippen molar-refractivity contribution in [1.82, 2.24) is 0 Å². The molecule has 1 atom stereocenters. The summed E-state index contributed by atoms with van der Waals surface area (Å²) in [6, 6.07) is 4.98. The fourth-order valence-corrected chi connectivity index (χ4v) is 1.81. The van der Waals surface area contributed by atoms with Crippen LogP contribution in [0.15, 0.2) is 18.2 Å². The molecule has 1 unspecified atom stereocenters. The highest BCUT2D eigenvalue weighted by Gasteiger charge is 2.16. The highest BCUT2D eigenvalue weighted by atomic mass is 35.5. The van der Waals surface area contributed by atoms with Crippen molar-refractivity contribution < 1.29 is 4.39 Å². The second kappa shape index (κ2) is 4.07. The molecule has 0 spiro atoms. The monoisotopic (exact) mass is 201 g/mol. The first-order valence-corrected chi connectivity index (χ1v) is 4.31. The van der Waals surface area contributed by atoms with E-state index in [0.717, 1.165) is 24.8 Å². The Labute approximate surface area is 83.5 Å². The molecule has 1 aliphatic rings. The lowest BCUT2D eigenvalue weighted by Crippen LogP contribution is -2.17. The minimum absolute atomic E-state index is 0. The van der Waals surface area contributed by atoms with Crippen molar-refractivity contribution in [2.24, 2.45) is 5.73 Å². The van der Waals surface area contributed by atoms with Crippen LogP contribution in [0.4, 0.5) is 4.39 Å². The van der Waals surface area contributed by atoms with E-state index in [-0.39, 0.29) is 24.3 Å². The van der Waals surface area contributed by atoms with Gasteiger partial charge in [-0.15, -0.1) is 12.4 Å². The molecule has 1 aliphatic carbocycles. The molecule has 0 radical (unpaired) electrons. The number of benzene rings is 1. The van der Waals surface area contributed by atoms with E-state index in [0.29, 0.717) is 0 Å². The Kier molecular flexibility index (Phi) is 3.28.